The van der Waals surface area contributed by atoms with Crippen molar-refractivity contribution in [3.05, 3.63) is 45.2 Å². The molecular weight excluding hydrogens is 262 g/mol. The van der Waals surface area contributed by atoms with Crippen molar-refractivity contribution >= 4 is 28.9 Å². The molecular formula is C11H8ClNO3S. The van der Waals surface area contributed by atoms with Crippen molar-refractivity contribution < 1.29 is 14.6 Å². The molecule has 0 unspecified atom stereocenters. The third-order valence-corrected chi connectivity index (χ3v) is 3.15. The van der Waals surface area contributed by atoms with Gasteiger partial charge >= 0.3 is 5.97 Å². The highest BCUT2D eigenvalue weighted by Crippen LogP contribution is 2.20. The maximum atomic E-state index is 10.8. The molecule has 0 radical (unpaired) electrons. The molecule has 17 heavy (non-hydrogen) atoms. The highest BCUT2D eigenvalue weighted by Gasteiger charge is 2.11. The van der Waals surface area contributed by atoms with E-state index in [0.717, 1.165) is 4.88 Å². The standard InChI is InChI=1S/C11H8ClNO3S/c12-9-5-13-10(4-8(9)11(14)15)16-6-7-2-1-3-17-7/h1-5H,6H2,(H,14,15). The van der Waals surface area contributed by atoms with Crippen LogP contribution < -0.4 is 4.74 Å². The minimum atomic E-state index is -1.10. The number of ether oxygens (including phenoxy) is 1. The van der Waals surface area contributed by atoms with Gasteiger partial charge in [0.15, 0.2) is 0 Å². The zero-order valence-electron chi connectivity index (χ0n) is 8.59. The van der Waals surface area contributed by atoms with E-state index >= 15 is 0 Å². The van der Waals surface area contributed by atoms with Gasteiger partial charge in [-0.3, -0.25) is 0 Å². The van der Waals surface area contributed by atoms with Gasteiger partial charge in [-0.2, -0.15) is 0 Å². The monoisotopic (exact) mass is 269 g/mol. The van der Waals surface area contributed by atoms with Crippen LogP contribution in [0.5, 0.6) is 5.88 Å². The van der Waals surface area contributed by atoms with Crippen molar-refractivity contribution in [2.45, 2.75) is 6.61 Å². The van der Waals surface area contributed by atoms with Crippen LogP contribution in [-0.2, 0) is 6.61 Å². The summed E-state index contributed by atoms with van der Waals surface area (Å²) in [7, 11) is 0. The second-order valence-electron chi connectivity index (χ2n) is 3.18. The summed E-state index contributed by atoms with van der Waals surface area (Å²) in [5.74, 6) is -0.849. The van der Waals surface area contributed by atoms with E-state index in [4.69, 9.17) is 21.4 Å². The number of aromatic nitrogens is 1. The second-order valence-corrected chi connectivity index (χ2v) is 4.62. The lowest BCUT2D eigenvalue weighted by Crippen LogP contribution is -2.01. The first kappa shape index (κ1) is 11.9. The molecule has 88 valence electrons. The van der Waals surface area contributed by atoms with Gasteiger partial charge in [0.2, 0.25) is 5.88 Å². The Hall–Kier alpha value is -1.59. The Morgan fingerprint density at radius 3 is 3.06 bits per heavy atom. The molecule has 2 aromatic heterocycles. The van der Waals surface area contributed by atoms with Crippen molar-refractivity contribution in [1.82, 2.24) is 4.98 Å². The van der Waals surface area contributed by atoms with E-state index < -0.39 is 5.97 Å². The summed E-state index contributed by atoms with van der Waals surface area (Å²) in [6, 6.07) is 5.16. The van der Waals surface area contributed by atoms with E-state index in [1.165, 1.54) is 12.3 Å². The van der Waals surface area contributed by atoms with Crippen molar-refractivity contribution in [3.63, 3.8) is 0 Å². The van der Waals surface area contributed by atoms with E-state index in [1.54, 1.807) is 11.3 Å². The van der Waals surface area contributed by atoms with Crippen LogP contribution in [0.25, 0.3) is 0 Å². The average molecular weight is 270 g/mol. The molecule has 0 amide bonds. The Balaban J connectivity index is 2.11. The Labute approximate surface area is 106 Å². The first-order valence-corrected chi connectivity index (χ1v) is 5.96. The number of rotatable bonds is 4. The van der Waals surface area contributed by atoms with Crippen LogP contribution in [0.1, 0.15) is 15.2 Å². The van der Waals surface area contributed by atoms with Gasteiger partial charge in [-0.25, -0.2) is 9.78 Å². The molecule has 0 aliphatic rings. The van der Waals surface area contributed by atoms with Gasteiger partial charge in [0.1, 0.15) is 6.61 Å². The topological polar surface area (TPSA) is 59.4 Å². The number of thiophene rings is 1. The van der Waals surface area contributed by atoms with Crippen molar-refractivity contribution in [2.24, 2.45) is 0 Å². The van der Waals surface area contributed by atoms with Crippen molar-refractivity contribution in [1.29, 1.82) is 0 Å². The lowest BCUT2D eigenvalue weighted by atomic mass is 10.3. The number of hydrogen-bond donors (Lipinski definition) is 1. The summed E-state index contributed by atoms with van der Waals surface area (Å²) < 4.78 is 5.37. The molecule has 0 atom stereocenters. The van der Waals surface area contributed by atoms with Gasteiger partial charge in [-0.15, -0.1) is 11.3 Å². The molecule has 6 heteroatoms. The number of nitrogens with zero attached hydrogens (tertiary/aromatic N) is 1. The van der Waals surface area contributed by atoms with Crippen LogP contribution in [0.4, 0.5) is 0 Å². The summed E-state index contributed by atoms with van der Waals surface area (Å²) in [6.45, 7) is 0.366. The van der Waals surface area contributed by atoms with Crippen LogP contribution in [0, 0.1) is 0 Å². The van der Waals surface area contributed by atoms with E-state index in [9.17, 15) is 4.79 Å². The third kappa shape index (κ3) is 2.95. The van der Waals surface area contributed by atoms with Crippen LogP contribution in [0.3, 0.4) is 0 Å². The smallest absolute Gasteiger partial charge is 0.337 e. The predicted octanol–water partition coefficient (Wildman–Crippen LogP) is 3.07. The number of aromatic carboxylic acids is 1. The van der Waals surface area contributed by atoms with Crippen LogP contribution >= 0.6 is 22.9 Å². The lowest BCUT2D eigenvalue weighted by molar-refractivity contribution is 0.0696. The first-order chi connectivity index (χ1) is 8.16. The van der Waals surface area contributed by atoms with E-state index in [1.807, 2.05) is 17.5 Å². The van der Waals surface area contributed by atoms with Crippen LogP contribution in [-0.4, -0.2) is 16.1 Å². The first-order valence-electron chi connectivity index (χ1n) is 4.71. The Kier molecular flexibility index (Phi) is 3.61. The molecule has 0 saturated carbocycles. The van der Waals surface area contributed by atoms with Gasteiger partial charge in [-0.1, -0.05) is 17.7 Å². The molecule has 0 aliphatic heterocycles. The molecule has 0 bridgehead atoms. The number of hydrogen-bond acceptors (Lipinski definition) is 4. The van der Waals surface area contributed by atoms with E-state index in [2.05, 4.69) is 4.98 Å². The van der Waals surface area contributed by atoms with E-state index in [-0.39, 0.29) is 16.5 Å². The molecule has 2 aromatic rings. The normalized spacial score (nSPS) is 10.2. The third-order valence-electron chi connectivity index (χ3n) is 2.00. The molecule has 0 aliphatic carbocycles. The summed E-state index contributed by atoms with van der Waals surface area (Å²) >= 11 is 7.25. The summed E-state index contributed by atoms with van der Waals surface area (Å²) in [5, 5.41) is 10.9. The molecule has 2 heterocycles. The summed E-state index contributed by atoms with van der Waals surface area (Å²) in [4.78, 5) is 15.8. The molecule has 0 spiro atoms. The molecule has 0 aromatic carbocycles. The number of carboxylic acid groups (broad SMARTS) is 1. The highest BCUT2D eigenvalue weighted by atomic mass is 35.5. The minimum absolute atomic E-state index is 0.0113. The fourth-order valence-corrected chi connectivity index (χ4v) is 2.00. The van der Waals surface area contributed by atoms with Gasteiger partial charge in [0.05, 0.1) is 16.8 Å². The highest BCUT2D eigenvalue weighted by molar-refractivity contribution is 7.09. The van der Waals surface area contributed by atoms with Gasteiger partial charge in [0, 0.05) is 10.9 Å². The maximum Gasteiger partial charge on any atom is 0.337 e. The van der Waals surface area contributed by atoms with Gasteiger partial charge < -0.3 is 9.84 Å². The Morgan fingerprint density at radius 2 is 2.41 bits per heavy atom. The summed E-state index contributed by atoms with van der Waals surface area (Å²) in [5.41, 5.74) is -0.0113. The SMILES string of the molecule is O=C(O)c1cc(OCc2cccs2)ncc1Cl. The molecule has 4 nitrogen and oxygen atoms in total. The molecule has 1 N–H and O–H groups in total. The van der Waals surface area contributed by atoms with Crippen molar-refractivity contribution in [2.75, 3.05) is 0 Å². The van der Waals surface area contributed by atoms with Crippen molar-refractivity contribution in [3.8, 4) is 5.88 Å². The van der Waals surface area contributed by atoms with Crippen LogP contribution in [0.2, 0.25) is 5.02 Å². The predicted molar refractivity (Wildman–Crippen MR) is 64.9 cm³/mol. The largest absolute Gasteiger partial charge is 0.478 e. The fraction of sp³-hybridized carbons (Fsp3) is 0.0909. The van der Waals surface area contributed by atoms with Gasteiger partial charge in [-0.05, 0) is 11.4 Å². The maximum absolute atomic E-state index is 10.8. The fourth-order valence-electron chi connectivity index (χ4n) is 1.20. The molecule has 2 rings (SSSR count). The quantitative estimate of drug-likeness (QED) is 0.927. The number of halogens is 1. The van der Waals surface area contributed by atoms with Crippen LogP contribution in [0.15, 0.2) is 29.8 Å². The Bertz CT molecular complexity index is 528. The number of pyridine rings is 1. The molecule has 0 fully saturated rings. The average Bonchev–Trinajstić information content (AvgIpc) is 2.80. The van der Waals surface area contributed by atoms with E-state index in [0.29, 0.717) is 6.61 Å². The summed E-state index contributed by atoms with van der Waals surface area (Å²) in [6.07, 6.45) is 1.27. The Morgan fingerprint density at radius 1 is 1.59 bits per heavy atom. The molecule has 0 saturated heterocycles. The number of carbonyl (C=O) groups is 1. The minimum Gasteiger partial charge on any atom is -0.478 e. The number of carboxylic acids is 1. The lowest BCUT2D eigenvalue weighted by Gasteiger charge is -2.05. The second kappa shape index (κ2) is 5.16. The zero-order valence-corrected chi connectivity index (χ0v) is 10.2. The zero-order chi connectivity index (χ0) is 12.3. The van der Waals surface area contributed by atoms with Gasteiger partial charge in [0.25, 0.3) is 0 Å².